The van der Waals surface area contributed by atoms with Gasteiger partial charge in [-0.2, -0.15) is 0 Å². The molecule has 0 fully saturated rings. The molecule has 4 aromatic rings. The van der Waals surface area contributed by atoms with Crippen LogP contribution in [-0.4, -0.2) is 51.0 Å². The van der Waals surface area contributed by atoms with Crippen molar-refractivity contribution < 1.29 is 15.0 Å². The highest BCUT2D eigenvalue weighted by Gasteiger charge is 2.19. The van der Waals surface area contributed by atoms with Gasteiger partial charge < -0.3 is 20.8 Å². The van der Waals surface area contributed by atoms with Crippen molar-refractivity contribution >= 4 is 5.91 Å². The van der Waals surface area contributed by atoms with Crippen molar-refractivity contribution in [2.75, 3.05) is 20.1 Å². The molecule has 1 heterocycles. The zero-order valence-corrected chi connectivity index (χ0v) is 17.5. The zero-order chi connectivity index (χ0) is 22.5. The Morgan fingerprint density at radius 2 is 1.50 bits per heavy atom. The Morgan fingerprint density at radius 3 is 2.12 bits per heavy atom. The van der Waals surface area contributed by atoms with Gasteiger partial charge >= 0.3 is 0 Å². The number of para-hydroxylation sites is 2. The van der Waals surface area contributed by atoms with Crippen LogP contribution in [0.5, 0.6) is 11.5 Å². The minimum Gasteiger partial charge on any atom is -0.507 e. The molecule has 1 aromatic heterocycles. The van der Waals surface area contributed by atoms with E-state index in [0.717, 1.165) is 0 Å². The van der Waals surface area contributed by atoms with Crippen LogP contribution in [0.1, 0.15) is 10.4 Å². The lowest BCUT2D eigenvalue weighted by atomic mass is 10.1. The molecule has 0 radical (unpaired) electrons. The number of hydrogen-bond acceptors (Lipinski definition) is 6. The van der Waals surface area contributed by atoms with Crippen LogP contribution in [0.2, 0.25) is 0 Å². The number of aromatic hydroxyl groups is 2. The summed E-state index contributed by atoms with van der Waals surface area (Å²) in [6.07, 6.45) is 0. The highest BCUT2D eigenvalue weighted by molar-refractivity contribution is 5.94. The molecule has 0 spiro atoms. The van der Waals surface area contributed by atoms with E-state index in [1.165, 1.54) is 0 Å². The number of nitrogens with one attached hydrogen (secondary N) is 2. The average molecular weight is 429 g/mol. The van der Waals surface area contributed by atoms with Gasteiger partial charge in [-0.1, -0.05) is 24.3 Å². The highest BCUT2D eigenvalue weighted by Crippen LogP contribution is 2.33. The van der Waals surface area contributed by atoms with E-state index in [1.807, 2.05) is 7.05 Å². The molecule has 4 N–H and O–H groups in total. The van der Waals surface area contributed by atoms with E-state index in [4.69, 9.17) is 0 Å². The fraction of sp³-hybridized carbons (Fsp3) is 0.125. The topological polar surface area (TPSA) is 112 Å². The van der Waals surface area contributed by atoms with E-state index in [2.05, 4.69) is 20.7 Å². The molecule has 4 rings (SSSR count). The number of hydrogen-bond donors (Lipinski definition) is 4. The van der Waals surface area contributed by atoms with Crippen molar-refractivity contribution in [3.63, 3.8) is 0 Å². The third-order valence-corrected chi connectivity index (χ3v) is 4.93. The molecule has 8 heteroatoms. The Kier molecular flexibility index (Phi) is 6.14. The Hall–Kier alpha value is -4.17. The molecule has 0 saturated carbocycles. The largest absolute Gasteiger partial charge is 0.507 e. The van der Waals surface area contributed by atoms with Crippen LogP contribution >= 0.6 is 0 Å². The summed E-state index contributed by atoms with van der Waals surface area (Å²) in [4.78, 5) is 16.9. The molecule has 0 saturated heterocycles. The molecular formula is C24H23N5O3. The van der Waals surface area contributed by atoms with E-state index < -0.39 is 0 Å². The quantitative estimate of drug-likeness (QED) is 0.336. The van der Waals surface area contributed by atoms with Crippen molar-refractivity contribution in [3.8, 4) is 40.0 Å². The number of nitrogens with zero attached hydrogens (tertiary/aromatic N) is 3. The number of amides is 1. The molecular weight excluding hydrogens is 406 g/mol. The molecule has 8 nitrogen and oxygen atoms in total. The molecule has 3 aromatic carbocycles. The predicted octanol–water partition coefficient (Wildman–Crippen LogP) is 2.96. The van der Waals surface area contributed by atoms with Crippen LogP contribution in [0, 0.1) is 0 Å². The first-order valence-corrected chi connectivity index (χ1v) is 10.2. The van der Waals surface area contributed by atoms with Crippen LogP contribution < -0.4 is 10.6 Å². The SMILES string of the molecule is CNCCNC(=O)c1ccc(-n2nc(-c3ccccc3O)nc2-c2ccccc2O)cc1. The van der Waals surface area contributed by atoms with Crippen LogP contribution in [-0.2, 0) is 0 Å². The average Bonchev–Trinajstić information content (AvgIpc) is 3.25. The summed E-state index contributed by atoms with van der Waals surface area (Å²) in [5.41, 5.74) is 2.15. The number of phenolic OH excluding ortho intramolecular Hbond substituents is 2. The van der Waals surface area contributed by atoms with Crippen molar-refractivity contribution in [2.24, 2.45) is 0 Å². The minimum atomic E-state index is -0.166. The van der Waals surface area contributed by atoms with Gasteiger partial charge in [-0.15, -0.1) is 5.10 Å². The second-order valence-electron chi connectivity index (χ2n) is 7.11. The molecule has 0 aliphatic carbocycles. The van der Waals surface area contributed by atoms with Gasteiger partial charge in [0.15, 0.2) is 11.6 Å². The van der Waals surface area contributed by atoms with E-state index in [-0.39, 0.29) is 17.4 Å². The number of phenols is 2. The Balaban J connectivity index is 1.75. The number of likely N-dealkylation sites (N-methyl/N-ethyl adjacent to an activating group) is 1. The highest BCUT2D eigenvalue weighted by atomic mass is 16.3. The van der Waals surface area contributed by atoms with Gasteiger partial charge in [-0.05, 0) is 55.6 Å². The molecule has 1 amide bonds. The van der Waals surface area contributed by atoms with Crippen molar-refractivity contribution in [1.29, 1.82) is 0 Å². The molecule has 0 atom stereocenters. The Bertz CT molecular complexity index is 1230. The summed E-state index contributed by atoms with van der Waals surface area (Å²) >= 11 is 0. The smallest absolute Gasteiger partial charge is 0.251 e. The first-order valence-electron chi connectivity index (χ1n) is 10.2. The molecule has 0 unspecified atom stereocenters. The maximum absolute atomic E-state index is 12.3. The molecule has 0 aliphatic rings. The molecule has 32 heavy (non-hydrogen) atoms. The number of rotatable bonds is 7. The van der Waals surface area contributed by atoms with Crippen molar-refractivity contribution in [1.82, 2.24) is 25.4 Å². The van der Waals surface area contributed by atoms with Gasteiger partial charge in [0.1, 0.15) is 11.5 Å². The van der Waals surface area contributed by atoms with E-state index in [1.54, 1.807) is 77.5 Å². The number of aromatic nitrogens is 3. The summed E-state index contributed by atoms with van der Waals surface area (Å²) in [6, 6.07) is 20.6. The van der Waals surface area contributed by atoms with Crippen LogP contribution in [0.15, 0.2) is 72.8 Å². The van der Waals surface area contributed by atoms with E-state index in [0.29, 0.717) is 47.1 Å². The van der Waals surface area contributed by atoms with Gasteiger partial charge in [-0.25, -0.2) is 9.67 Å². The standard InChI is InChI=1S/C24H23N5O3/c1-25-14-15-26-24(32)16-10-12-17(13-11-16)29-23(19-7-3-5-9-21(19)31)27-22(28-29)18-6-2-4-8-20(18)30/h2-13,25,30-31H,14-15H2,1H3,(H,26,32). The van der Waals surface area contributed by atoms with E-state index in [9.17, 15) is 15.0 Å². The number of carbonyl (C=O) groups excluding carboxylic acids is 1. The third kappa shape index (κ3) is 4.30. The molecule has 0 bridgehead atoms. The third-order valence-electron chi connectivity index (χ3n) is 4.93. The van der Waals surface area contributed by atoms with E-state index >= 15 is 0 Å². The van der Waals surface area contributed by atoms with Gasteiger partial charge in [0.05, 0.1) is 16.8 Å². The second kappa shape index (κ2) is 9.32. The number of carbonyl (C=O) groups is 1. The van der Waals surface area contributed by atoms with Gasteiger partial charge in [-0.3, -0.25) is 4.79 Å². The summed E-state index contributed by atoms with van der Waals surface area (Å²) in [6.45, 7) is 1.21. The molecule has 0 aliphatic heterocycles. The lowest BCUT2D eigenvalue weighted by Gasteiger charge is -2.09. The lowest BCUT2D eigenvalue weighted by molar-refractivity contribution is 0.0954. The van der Waals surface area contributed by atoms with Gasteiger partial charge in [0.25, 0.3) is 5.91 Å². The summed E-state index contributed by atoms with van der Waals surface area (Å²) in [5.74, 6) is 0.677. The molecule has 162 valence electrons. The first kappa shape index (κ1) is 21.1. The predicted molar refractivity (Wildman–Crippen MR) is 122 cm³/mol. The summed E-state index contributed by atoms with van der Waals surface area (Å²) in [5, 5.41) is 31.1. The zero-order valence-electron chi connectivity index (χ0n) is 17.5. The fourth-order valence-electron chi connectivity index (χ4n) is 3.26. The summed E-state index contributed by atoms with van der Waals surface area (Å²) in [7, 11) is 1.82. The second-order valence-corrected chi connectivity index (χ2v) is 7.11. The van der Waals surface area contributed by atoms with Crippen molar-refractivity contribution in [3.05, 3.63) is 78.4 Å². The van der Waals surface area contributed by atoms with Gasteiger partial charge in [0, 0.05) is 18.7 Å². The first-order chi connectivity index (χ1) is 15.6. The van der Waals surface area contributed by atoms with Crippen LogP contribution in [0.3, 0.4) is 0 Å². The maximum atomic E-state index is 12.3. The minimum absolute atomic E-state index is 0.0575. The van der Waals surface area contributed by atoms with Crippen LogP contribution in [0.25, 0.3) is 28.5 Å². The fourth-order valence-corrected chi connectivity index (χ4v) is 3.26. The lowest BCUT2D eigenvalue weighted by Crippen LogP contribution is -2.30. The maximum Gasteiger partial charge on any atom is 0.251 e. The normalized spacial score (nSPS) is 10.8. The van der Waals surface area contributed by atoms with Crippen molar-refractivity contribution in [2.45, 2.75) is 0 Å². The van der Waals surface area contributed by atoms with Gasteiger partial charge in [0.2, 0.25) is 0 Å². The Morgan fingerprint density at radius 1 is 0.875 bits per heavy atom. The van der Waals surface area contributed by atoms with Crippen LogP contribution in [0.4, 0.5) is 0 Å². The summed E-state index contributed by atoms with van der Waals surface area (Å²) < 4.78 is 1.58. The Labute approximate surface area is 185 Å². The number of benzene rings is 3. The monoisotopic (exact) mass is 429 g/mol.